The Hall–Kier alpha value is -2.40. The quantitative estimate of drug-likeness (QED) is 0.775. The SMILES string of the molecule is C[C@@H]1CN(c2ccc(C#N)c3ncccc23)C[C@H](C(=O)NC[C@@H]2CCCCN2)O1.Cl. The predicted molar refractivity (Wildman–Crippen MR) is 119 cm³/mol. The lowest BCUT2D eigenvalue weighted by atomic mass is 10.0. The molecule has 3 heterocycles. The van der Waals surface area contributed by atoms with Gasteiger partial charge in [-0.1, -0.05) is 6.42 Å². The number of hydrogen-bond donors (Lipinski definition) is 2. The van der Waals surface area contributed by atoms with Crippen molar-refractivity contribution in [3.63, 3.8) is 0 Å². The average Bonchev–Trinajstić information content (AvgIpc) is 2.77. The van der Waals surface area contributed by atoms with Crippen molar-refractivity contribution in [2.24, 2.45) is 0 Å². The van der Waals surface area contributed by atoms with Crippen LogP contribution in [-0.2, 0) is 9.53 Å². The molecule has 30 heavy (non-hydrogen) atoms. The lowest BCUT2D eigenvalue weighted by Crippen LogP contribution is -2.54. The minimum absolute atomic E-state index is 0. The number of benzene rings is 1. The molecule has 2 aliphatic rings. The van der Waals surface area contributed by atoms with Crippen molar-refractivity contribution in [2.45, 2.75) is 44.4 Å². The third kappa shape index (κ3) is 4.84. The zero-order valence-corrected chi connectivity index (χ0v) is 18.0. The number of carbonyl (C=O) groups is 1. The normalized spacial score (nSPS) is 24.0. The van der Waals surface area contributed by atoms with Crippen LogP contribution in [0.15, 0.2) is 30.5 Å². The van der Waals surface area contributed by atoms with Gasteiger partial charge in [0, 0.05) is 36.4 Å². The standard InChI is InChI=1S/C22H27N5O2.ClH/c1-15-13-27(19-8-7-16(11-23)21-18(19)6-4-10-25-21)14-20(29-15)22(28)26-12-17-5-2-3-9-24-17;/h4,6-8,10,15,17,20,24H,2-3,5,9,12-14H2,1H3,(H,26,28);1H/t15-,17+,20-;/m1./s1. The number of piperidine rings is 1. The summed E-state index contributed by atoms with van der Waals surface area (Å²) in [5.74, 6) is -0.0648. The number of halogens is 1. The number of carbonyl (C=O) groups excluding carboxylic acids is 1. The van der Waals surface area contributed by atoms with E-state index >= 15 is 0 Å². The van der Waals surface area contributed by atoms with Crippen molar-refractivity contribution < 1.29 is 9.53 Å². The van der Waals surface area contributed by atoms with Crippen LogP contribution >= 0.6 is 12.4 Å². The summed E-state index contributed by atoms with van der Waals surface area (Å²) >= 11 is 0. The predicted octanol–water partition coefficient (Wildman–Crippen LogP) is 2.38. The molecule has 0 bridgehead atoms. The highest BCUT2D eigenvalue weighted by atomic mass is 35.5. The summed E-state index contributed by atoms with van der Waals surface area (Å²) in [4.78, 5) is 19.3. The van der Waals surface area contributed by atoms with E-state index < -0.39 is 6.10 Å². The Kier molecular flexibility index (Phi) is 7.48. The van der Waals surface area contributed by atoms with E-state index in [0.29, 0.717) is 36.8 Å². The molecule has 0 aliphatic carbocycles. The Bertz CT molecular complexity index is 925. The summed E-state index contributed by atoms with van der Waals surface area (Å²) in [6.07, 6.45) is 4.61. The van der Waals surface area contributed by atoms with Crippen LogP contribution in [0.4, 0.5) is 5.69 Å². The maximum atomic E-state index is 12.8. The molecule has 2 aliphatic heterocycles. The van der Waals surface area contributed by atoms with Gasteiger partial charge in [0.1, 0.15) is 6.07 Å². The lowest BCUT2D eigenvalue weighted by molar-refractivity contribution is -0.137. The van der Waals surface area contributed by atoms with Crippen LogP contribution in [0, 0.1) is 11.3 Å². The number of anilines is 1. The Morgan fingerprint density at radius 2 is 2.23 bits per heavy atom. The number of fused-ring (bicyclic) bond motifs is 1. The van der Waals surface area contributed by atoms with Gasteiger partial charge in [-0.05, 0) is 50.6 Å². The van der Waals surface area contributed by atoms with Gasteiger partial charge in [0.15, 0.2) is 6.10 Å². The number of rotatable bonds is 4. The molecule has 1 amide bonds. The fraction of sp³-hybridized carbons (Fsp3) is 0.500. The lowest BCUT2D eigenvalue weighted by Gasteiger charge is -2.38. The fourth-order valence-corrected chi connectivity index (χ4v) is 4.25. The summed E-state index contributed by atoms with van der Waals surface area (Å²) in [5, 5.41) is 16.8. The summed E-state index contributed by atoms with van der Waals surface area (Å²) < 4.78 is 5.95. The number of nitriles is 1. The van der Waals surface area contributed by atoms with Crippen molar-refractivity contribution in [2.75, 3.05) is 31.1 Å². The first-order valence-corrected chi connectivity index (χ1v) is 10.3. The highest BCUT2D eigenvalue weighted by Gasteiger charge is 2.31. The average molecular weight is 430 g/mol. The zero-order chi connectivity index (χ0) is 20.2. The molecule has 2 fully saturated rings. The minimum Gasteiger partial charge on any atom is -0.365 e. The molecule has 7 nitrogen and oxygen atoms in total. The molecule has 160 valence electrons. The van der Waals surface area contributed by atoms with Crippen molar-refractivity contribution >= 4 is 34.9 Å². The molecule has 1 aromatic heterocycles. The Balaban J connectivity index is 0.00000256. The van der Waals surface area contributed by atoms with E-state index in [2.05, 4.69) is 26.6 Å². The molecule has 2 aromatic rings. The van der Waals surface area contributed by atoms with Gasteiger partial charge in [0.2, 0.25) is 0 Å². The topological polar surface area (TPSA) is 90.3 Å². The number of nitrogens with one attached hydrogen (secondary N) is 2. The molecular formula is C22H28ClN5O2. The van der Waals surface area contributed by atoms with E-state index in [-0.39, 0.29) is 24.4 Å². The van der Waals surface area contributed by atoms with Crippen molar-refractivity contribution in [3.05, 3.63) is 36.0 Å². The van der Waals surface area contributed by atoms with E-state index in [0.717, 1.165) is 24.0 Å². The summed E-state index contributed by atoms with van der Waals surface area (Å²) in [6, 6.07) is 10.1. The molecule has 0 spiro atoms. The zero-order valence-electron chi connectivity index (χ0n) is 17.1. The van der Waals surface area contributed by atoms with Gasteiger partial charge in [-0.15, -0.1) is 12.4 Å². The molecule has 2 N–H and O–H groups in total. The van der Waals surface area contributed by atoms with Crippen molar-refractivity contribution in [3.8, 4) is 6.07 Å². The molecule has 0 saturated carbocycles. The van der Waals surface area contributed by atoms with Gasteiger partial charge in [0.25, 0.3) is 5.91 Å². The number of nitrogens with zero attached hydrogens (tertiary/aromatic N) is 3. The number of hydrogen-bond acceptors (Lipinski definition) is 6. The molecular weight excluding hydrogens is 402 g/mol. The molecule has 2 saturated heterocycles. The van der Waals surface area contributed by atoms with Crippen LogP contribution < -0.4 is 15.5 Å². The van der Waals surface area contributed by atoms with Gasteiger partial charge < -0.3 is 20.3 Å². The van der Waals surface area contributed by atoms with Gasteiger partial charge in [-0.25, -0.2) is 0 Å². The number of aromatic nitrogens is 1. The summed E-state index contributed by atoms with van der Waals surface area (Å²) in [7, 11) is 0. The third-order valence-electron chi connectivity index (χ3n) is 5.70. The second-order valence-electron chi connectivity index (χ2n) is 7.88. The van der Waals surface area contributed by atoms with E-state index in [1.807, 2.05) is 25.1 Å². The number of morpholine rings is 1. The first-order valence-electron chi connectivity index (χ1n) is 10.3. The maximum absolute atomic E-state index is 12.8. The molecule has 8 heteroatoms. The van der Waals surface area contributed by atoms with Crippen LogP contribution in [0.3, 0.4) is 0 Å². The molecule has 0 unspecified atom stereocenters. The van der Waals surface area contributed by atoms with E-state index in [9.17, 15) is 10.1 Å². The number of ether oxygens (including phenoxy) is 1. The summed E-state index contributed by atoms with van der Waals surface area (Å²) in [5.41, 5.74) is 2.23. The highest BCUT2D eigenvalue weighted by molar-refractivity contribution is 5.95. The smallest absolute Gasteiger partial charge is 0.251 e. The third-order valence-corrected chi connectivity index (χ3v) is 5.70. The van der Waals surface area contributed by atoms with Gasteiger partial charge in [0.05, 0.1) is 23.7 Å². The monoisotopic (exact) mass is 429 g/mol. The van der Waals surface area contributed by atoms with Crippen LogP contribution in [0.25, 0.3) is 10.9 Å². The van der Waals surface area contributed by atoms with Gasteiger partial charge in [-0.2, -0.15) is 5.26 Å². The van der Waals surface area contributed by atoms with Crippen LogP contribution in [0.2, 0.25) is 0 Å². The largest absolute Gasteiger partial charge is 0.365 e. The maximum Gasteiger partial charge on any atom is 0.251 e. The molecule has 0 radical (unpaired) electrons. The molecule has 1 aromatic carbocycles. The van der Waals surface area contributed by atoms with E-state index in [4.69, 9.17) is 4.74 Å². The van der Waals surface area contributed by atoms with Crippen molar-refractivity contribution in [1.82, 2.24) is 15.6 Å². The minimum atomic E-state index is -0.523. The van der Waals surface area contributed by atoms with E-state index in [1.165, 1.54) is 12.8 Å². The Morgan fingerprint density at radius 3 is 3.00 bits per heavy atom. The van der Waals surface area contributed by atoms with Crippen LogP contribution in [0.5, 0.6) is 0 Å². The molecule has 3 atom stereocenters. The van der Waals surface area contributed by atoms with Crippen LogP contribution in [0.1, 0.15) is 31.7 Å². The fourth-order valence-electron chi connectivity index (χ4n) is 4.25. The number of pyridine rings is 1. The van der Waals surface area contributed by atoms with E-state index in [1.54, 1.807) is 12.3 Å². The number of amides is 1. The summed E-state index contributed by atoms with van der Waals surface area (Å²) in [6.45, 7) is 4.80. The van der Waals surface area contributed by atoms with Gasteiger partial charge in [-0.3, -0.25) is 9.78 Å². The highest BCUT2D eigenvalue weighted by Crippen LogP contribution is 2.30. The second-order valence-corrected chi connectivity index (χ2v) is 7.88. The molecule has 4 rings (SSSR count). The van der Waals surface area contributed by atoms with Crippen molar-refractivity contribution in [1.29, 1.82) is 5.26 Å². The first-order chi connectivity index (χ1) is 14.2. The van der Waals surface area contributed by atoms with Crippen LogP contribution in [-0.4, -0.2) is 55.3 Å². The van der Waals surface area contributed by atoms with Gasteiger partial charge >= 0.3 is 0 Å². The Labute approximate surface area is 183 Å². The Morgan fingerprint density at radius 1 is 1.37 bits per heavy atom. The first kappa shape index (κ1) is 22.3. The second kappa shape index (κ2) is 10.1.